The van der Waals surface area contributed by atoms with Gasteiger partial charge in [0.25, 0.3) is 0 Å². The van der Waals surface area contributed by atoms with Crippen molar-refractivity contribution in [2.45, 2.75) is 12.5 Å². The molecule has 0 saturated heterocycles. The van der Waals surface area contributed by atoms with Crippen molar-refractivity contribution in [2.24, 2.45) is 0 Å². The zero-order valence-electron chi connectivity index (χ0n) is 11.4. The lowest BCUT2D eigenvalue weighted by Gasteiger charge is -2.33. The van der Waals surface area contributed by atoms with Crippen molar-refractivity contribution in [2.75, 3.05) is 13.6 Å². The number of benzene rings is 2. The second-order valence-corrected chi connectivity index (χ2v) is 6.29. The summed E-state index contributed by atoms with van der Waals surface area (Å²) >= 11 is 12.6. The summed E-state index contributed by atoms with van der Waals surface area (Å²) in [7, 11) is 2.12. The topological polar surface area (TPSA) is 3.24 Å². The van der Waals surface area contributed by atoms with E-state index in [9.17, 15) is 0 Å². The Morgan fingerprint density at radius 1 is 1.20 bits per heavy atom. The van der Waals surface area contributed by atoms with Crippen molar-refractivity contribution in [3.63, 3.8) is 0 Å². The molecule has 1 heterocycles. The van der Waals surface area contributed by atoms with E-state index in [1.807, 2.05) is 12.1 Å². The third-order valence-electron chi connectivity index (χ3n) is 3.85. The molecule has 1 nitrogen and oxygen atoms in total. The minimum Gasteiger partial charge on any atom is -0.301 e. The summed E-state index contributed by atoms with van der Waals surface area (Å²) in [6, 6.07) is 12.2. The molecule has 0 fully saturated rings. The first kappa shape index (κ1) is 13.9. The van der Waals surface area contributed by atoms with Gasteiger partial charge < -0.3 is 4.90 Å². The third-order valence-corrected chi connectivity index (χ3v) is 4.40. The molecule has 0 saturated carbocycles. The molecule has 2 aromatic carbocycles. The van der Waals surface area contributed by atoms with Crippen LogP contribution < -0.4 is 0 Å². The Labute approximate surface area is 130 Å². The van der Waals surface area contributed by atoms with Gasteiger partial charge in [-0.05, 0) is 48.4 Å². The molecule has 3 heteroatoms. The lowest BCUT2D eigenvalue weighted by Crippen LogP contribution is -2.31. The van der Waals surface area contributed by atoms with Gasteiger partial charge in [-0.3, -0.25) is 0 Å². The van der Waals surface area contributed by atoms with E-state index in [-0.39, 0.29) is 0 Å². The van der Waals surface area contributed by atoms with E-state index in [2.05, 4.69) is 43.1 Å². The summed E-state index contributed by atoms with van der Waals surface area (Å²) < 4.78 is 0. The zero-order valence-corrected chi connectivity index (χ0v) is 12.9. The van der Waals surface area contributed by atoms with E-state index < -0.39 is 0 Å². The van der Waals surface area contributed by atoms with Crippen LogP contribution in [0.5, 0.6) is 0 Å². The maximum Gasteiger partial charge on any atom is 0.0468 e. The van der Waals surface area contributed by atoms with E-state index in [1.165, 1.54) is 16.7 Å². The fourth-order valence-corrected chi connectivity index (χ4v) is 3.51. The Morgan fingerprint density at radius 3 is 2.75 bits per heavy atom. The van der Waals surface area contributed by atoms with Gasteiger partial charge in [0.1, 0.15) is 0 Å². The standard InChI is InChI=1S/C17H16Cl2N/c1-11-4-3-5-12(6-11)15-9-20(2)10-16-14(15)7-13(18)8-17(16)19/h3-8,15H,1,9-10H2,2H3. The number of halogens is 2. The minimum absolute atomic E-state index is 0.293. The van der Waals surface area contributed by atoms with Crippen molar-refractivity contribution in [1.29, 1.82) is 0 Å². The molecular formula is C17H16Cl2N. The van der Waals surface area contributed by atoms with Crippen molar-refractivity contribution >= 4 is 23.2 Å². The molecule has 1 atom stereocenters. The van der Waals surface area contributed by atoms with Crippen molar-refractivity contribution < 1.29 is 0 Å². The molecule has 1 unspecified atom stereocenters. The van der Waals surface area contributed by atoms with Gasteiger partial charge in [0.15, 0.2) is 0 Å². The van der Waals surface area contributed by atoms with Crippen LogP contribution in [0.1, 0.15) is 28.2 Å². The Kier molecular flexibility index (Phi) is 3.76. The van der Waals surface area contributed by atoms with Crippen LogP contribution in [0.4, 0.5) is 0 Å². The molecule has 0 aromatic heterocycles. The Bertz CT molecular complexity index is 651. The van der Waals surface area contributed by atoms with E-state index in [0.717, 1.165) is 23.7 Å². The van der Waals surface area contributed by atoms with Crippen LogP contribution in [0.25, 0.3) is 0 Å². The van der Waals surface area contributed by atoms with Crippen LogP contribution in [-0.4, -0.2) is 18.5 Å². The summed E-state index contributed by atoms with van der Waals surface area (Å²) in [6.07, 6.45) is 0. The molecule has 3 rings (SSSR count). The highest BCUT2D eigenvalue weighted by Gasteiger charge is 2.26. The highest BCUT2D eigenvalue weighted by atomic mass is 35.5. The smallest absolute Gasteiger partial charge is 0.0468 e. The highest BCUT2D eigenvalue weighted by Crippen LogP contribution is 2.38. The molecule has 1 aliphatic heterocycles. The minimum atomic E-state index is 0.293. The first-order valence-electron chi connectivity index (χ1n) is 6.63. The second-order valence-electron chi connectivity index (χ2n) is 5.45. The normalized spacial score (nSPS) is 18.9. The first-order chi connectivity index (χ1) is 9.54. The number of rotatable bonds is 1. The number of hydrogen-bond donors (Lipinski definition) is 0. The van der Waals surface area contributed by atoms with Gasteiger partial charge >= 0.3 is 0 Å². The average Bonchev–Trinajstić information content (AvgIpc) is 2.39. The van der Waals surface area contributed by atoms with Gasteiger partial charge in [-0.25, -0.2) is 0 Å². The van der Waals surface area contributed by atoms with E-state index in [1.54, 1.807) is 0 Å². The van der Waals surface area contributed by atoms with Crippen LogP contribution in [0.3, 0.4) is 0 Å². The maximum absolute atomic E-state index is 6.37. The van der Waals surface area contributed by atoms with Gasteiger partial charge in [0, 0.05) is 29.1 Å². The van der Waals surface area contributed by atoms with Crippen LogP contribution in [0.2, 0.25) is 10.0 Å². The molecule has 2 aromatic rings. The van der Waals surface area contributed by atoms with Gasteiger partial charge in [-0.2, -0.15) is 0 Å². The molecule has 20 heavy (non-hydrogen) atoms. The molecule has 0 amide bonds. The van der Waals surface area contributed by atoms with Crippen molar-refractivity contribution in [3.05, 3.63) is 75.6 Å². The molecule has 1 aliphatic rings. The fourth-order valence-electron chi connectivity index (χ4n) is 2.94. The van der Waals surface area contributed by atoms with Crippen LogP contribution in [0, 0.1) is 6.92 Å². The largest absolute Gasteiger partial charge is 0.301 e. The molecule has 0 spiro atoms. The van der Waals surface area contributed by atoms with Gasteiger partial charge in [0.05, 0.1) is 0 Å². The number of fused-ring (bicyclic) bond motifs is 1. The molecule has 103 valence electrons. The van der Waals surface area contributed by atoms with Crippen LogP contribution in [0.15, 0.2) is 36.4 Å². The fraction of sp³-hybridized carbons (Fsp3) is 0.235. The molecule has 1 radical (unpaired) electrons. The Hall–Kier alpha value is -1.02. The first-order valence-corrected chi connectivity index (χ1v) is 7.38. The molecule has 0 aliphatic carbocycles. The predicted molar refractivity (Wildman–Crippen MR) is 85.5 cm³/mol. The summed E-state index contributed by atoms with van der Waals surface area (Å²) in [6.45, 7) is 5.85. The molecule has 0 N–H and O–H groups in total. The average molecular weight is 305 g/mol. The summed E-state index contributed by atoms with van der Waals surface area (Å²) in [4.78, 5) is 2.29. The lowest BCUT2D eigenvalue weighted by atomic mass is 9.84. The Morgan fingerprint density at radius 2 is 2.00 bits per heavy atom. The third kappa shape index (κ3) is 2.58. The second kappa shape index (κ2) is 5.40. The lowest BCUT2D eigenvalue weighted by molar-refractivity contribution is 0.295. The van der Waals surface area contributed by atoms with E-state index in [0.29, 0.717) is 10.9 Å². The SMILES string of the molecule is [CH2]c1cccc(C2CN(C)Cc3c(Cl)cc(Cl)cc32)c1. The Balaban J connectivity index is 2.15. The predicted octanol–water partition coefficient (Wildman–Crippen LogP) is 4.75. The van der Waals surface area contributed by atoms with Gasteiger partial charge in [0.2, 0.25) is 0 Å². The molecule has 0 bridgehead atoms. The zero-order chi connectivity index (χ0) is 14.3. The summed E-state index contributed by atoms with van der Waals surface area (Å²) in [5.41, 5.74) is 4.73. The van der Waals surface area contributed by atoms with Gasteiger partial charge in [-0.15, -0.1) is 0 Å². The highest BCUT2D eigenvalue weighted by molar-refractivity contribution is 6.35. The van der Waals surface area contributed by atoms with Crippen LogP contribution in [-0.2, 0) is 6.54 Å². The quantitative estimate of drug-likeness (QED) is 0.734. The summed E-state index contributed by atoms with van der Waals surface area (Å²) in [5.74, 6) is 0.293. The van der Waals surface area contributed by atoms with Crippen molar-refractivity contribution in [3.8, 4) is 0 Å². The maximum atomic E-state index is 6.37. The van der Waals surface area contributed by atoms with Crippen LogP contribution >= 0.6 is 23.2 Å². The van der Waals surface area contributed by atoms with E-state index in [4.69, 9.17) is 23.2 Å². The van der Waals surface area contributed by atoms with E-state index >= 15 is 0 Å². The van der Waals surface area contributed by atoms with Crippen molar-refractivity contribution in [1.82, 2.24) is 4.90 Å². The number of hydrogen-bond acceptors (Lipinski definition) is 1. The number of nitrogens with zero attached hydrogens (tertiary/aromatic N) is 1. The molecular weight excluding hydrogens is 289 g/mol. The van der Waals surface area contributed by atoms with Gasteiger partial charge in [-0.1, -0.05) is 47.5 Å². The summed E-state index contributed by atoms with van der Waals surface area (Å²) in [5, 5.41) is 1.46. The number of likely N-dealkylation sites (N-methyl/N-ethyl adjacent to an activating group) is 1. The monoisotopic (exact) mass is 304 g/mol.